The zero-order valence-electron chi connectivity index (χ0n) is 12.8. The lowest BCUT2D eigenvalue weighted by atomic mass is 10.3. The lowest BCUT2D eigenvalue weighted by molar-refractivity contribution is -0.147. The predicted octanol–water partition coefficient (Wildman–Crippen LogP) is 3.59. The van der Waals surface area contributed by atoms with E-state index in [1.54, 1.807) is 19.2 Å². The van der Waals surface area contributed by atoms with Gasteiger partial charge in [-0.2, -0.15) is 13.2 Å². The van der Waals surface area contributed by atoms with Crippen molar-refractivity contribution in [1.82, 2.24) is 19.7 Å². The third-order valence-electron chi connectivity index (χ3n) is 3.94. The average molecular weight is 390 g/mol. The first-order valence-electron chi connectivity index (χ1n) is 7.25. The summed E-state index contributed by atoms with van der Waals surface area (Å²) in [5, 5.41) is 8.18. The van der Waals surface area contributed by atoms with Gasteiger partial charge in [-0.05, 0) is 12.1 Å². The van der Waals surface area contributed by atoms with Crippen LogP contribution in [-0.2, 0) is 19.3 Å². The monoisotopic (exact) mass is 389 g/mol. The van der Waals surface area contributed by atoms with E-state index in [0.29, 0.717) is 28.0 Å². The van der Waals surface area contributed by atoms with E-state index in [0.717, 1.165) is 9.27 Å². The number of hydrogen-bond acceptors (Lipinski definition) is 6. The van der Waals surface area contributed by atoms with Crippen LogP contribution in [0.4, 0.5) is 18.3 Å². The topological polar surface area (TPSA) is 56.1 Å². The number of hydrogen-bond donors (Lipinski definition) is 0. The Balaban J connectivity index is 1.70. The van der Waals surface area contributed by atoms with E-state index in [1.807, 2.05) is 4.90 Å². The number of benzene rings is 1. The summed E-state index contributed by atoms with van der Waals surface area (Å²) in [6, 6.07) is 3.46. The van der Waals surface area contributed by atoms with Crippen LogP contribution in [0.1, 0.15) is 11.6 Å². The molecule has 4 rings (SSSR count). The molecule has 0 N–H and O–H groups in total. The second kappa shape index (κ2) is 5.73. The van der Waals surface area contributed by atoms with Gasteiger partial charge in [0.2, 0.25) is 5.82 Å². The maximum atomic E-state index is 12.9. The first kappa shape index (κ1) is 16.4. The molecule has 25 heavy (non-hydrogen) atoms. The van der Waals surface area contributed by atoms with Crippen LogP contribution >= 0.6 is 22.9 Å². The summed E-state index contributed by atoms with van der Waals surface area (Å²) >= 11 is 7.59. The molecular formula is C14H11ClF3N5OS. The van der Waals surface area contributed by atoms with Crippen molar-refractivity contribution in [3.63, 3.8) is 0 Å². The van der Waals surface area contributed by atoms with Gasteiger partial charge in [0.05, 0.1) is 23.4 Å². The minimum atomic E-state index is -4.51. The highest BCUT2D eigenvalue weighted by molar-refractivity contribution is 7.22. The maximum absolute atomic E-state index is 12.9. The molecule has 0 amide bonds. The fourth-order valence-corrected chi connectivity index (χ4v) is 4.05. The van der Waals surface area contributed by atoms with Gasteiger partial charge in [0.15, 0.2) is 11.0 Å². The Morgan fingerprint density at radius 1 is 1.24 bits per heavy atom. The average Bonchev–Trinajstić information content (AvgIpc) is 3.19. The first-order chi connectivity index (χ1) is 11.9. The van der Waals surface area contributed by atoms with Crippen molar-refractivity contribution in [2.75, 3.05) is 18.6 Å². The van der Waals surface area contributed by atoms with Gasteiger partial charge in [0, 0.05) is 13.1 Å². The number of methoxy groups -OCH3 is 1. The summed E-state index contributed by atoms with van der Waals surface area (Å²) in [5.41, 5.74) is 0.637. The molecule has 1 aliphatic heterocycles. The highest BCUT2D eigenvalue weighted by atomic mass is 35.5. The Morgan fingerprint density at radius 2 is 2.04 bits per heavy atom. The fraction of sp³-hybridized carbons (Fsp3) is 0.357. The quantitative estimate of drug-likeness (QED) is 0.670. The van der Waals surface area contributed by atoms with Gasteiger partial charge in [-0.25, -0.2) is 4.98 Å². The molecule has 3 aromatic rings. The molecular weight excluding hydrogens is 379 g/mol. The van der Waals surface area contributed by atoms with E-state index < -0.39 is 12.0 Å². The SMILES string of the molecule is COc1ccc(Cl)c2sc(N3CCn4c(nnc4C(F)(F)F)C3)nc12. The molecule has 0 aliphatic carbocycles. The van der Waals surface area contributed by atoms with Crippen LogP contribution in [0.5, 0.6) is 5.75 Å². The zero-order chi connectivity index (χ0) is 17.8. The van der Waals surface area contributed by atoms with Crippen LogP contribution in [0, 0.1) is 0 Å². The highest BCUT2D eigenvalue weighted by Crippen LogP contribution is 2.39. The van der Waals surface area contributed by atoms with Crippen molar-refractivity contribution in [2.24, 2.45) is 0 Å². The summed E-state index contributed by atoms with van der Waals surface area (Å²) in [5.74, 6) is -0.103. The van der Waals surface area contributed by atoms with E-state index >= 15 is 0 Å². The summed E-state index contributed by atoms with van der Waals surface area (Å²) in [7, 11) is 1.55. The van der Waals surface area contributed by atoms with Crippen LogP contribution in [0.25, 0.3) is 10.2 Å². The van der Waals surface area contributed by atoms with Crippen molar-refractivity contribution in [3.05, 3.63) is 28.8 Å². The van der Waals surface area contributed by atoms with Crippen LogP contribution in [0.15, 0.2) is 12.1 Å². The third-order valence-corrected chi connectivity index (χ3v) is 5.52. The summed E-state index contributed by atoms with van der Waals surface area (Å²) < 4.78 is 45.9. The van der Waals surface area contributed by atoms with Gasteiger partial charge in [0.1, 0.15) is 11.3 Å². The molecule has 0 saturated carbocycles. The van der Waals surface area contributed by atoms with E-state index in [9.17, 15) is 13.2 Å². The van der Waals surface area contributed by atoms with Crippen LogP contribution in [0.3, 0.4) is 0 Å². The number of anilines is 1. The van der Waals surface area contributed by atoms with E-state index in [2.05, 4.69) is 15.2 Å². The van der Waals surface area contributed by atoms with Crippen molar-refractivity contribution < 1.29 is 17.9 Å². The normalized spacial score (nSPS) is 14.8. The Hall–Kier alpha value is -2.07. The number of thiazole rings is 1. The smallest absolute Gasteiger partial charge is 0.451 e. The number of fused-ring (bicyclic) bond motifs is 2. The Kier molecular flexibility index (Phi) is 3.76. The second-order valence-corrected chi connectivity index (χ2v) is 6.82. The molecule has 0 bridgehead atoms. The Bertz CT molecular complexity index is 954. The lowest BCUT2D eigenvalue weighted by Crippen LogP contribution is -2.35. The largest absolute Gasteiger partial charge is 0.494 e. The number of nitrogens with zero attached hydrogens (tertiary/aromatic N) is 5. The molecule has 0 unspecified atom stereocenters. The zero-order valence-corrected chi connectivity index (χ0v) is 14.4. The highest BCUT2D eigenvalue weighted by Gasteiger charge is 2.39. The van der Waals surface area contributed by atoms with Gasteiger partial charge in [-0.3, -0.25) is 0 Å². The third kappa shape index (κ3) is 2.69. The molecule has 1 aliphatic rings. The van der Waals surface area contributed by atoms with Crippen molar-refractivity contribution in [2.45, 2.75) is 19.3 Å². The number of halogens is 4. The van der Waals surface area contributed by atoms with Gasteiger partial charge >= 0.3 is 6.18 Å². The lowest BCUT2D eigenvalue weighted by Gasteiger charge is -2.27. The predicted molar refractivity (Wildman–Crippen MR) is 87.3 cm³/mol. The minimum absolute atomic E-state index is 0.137. The summed E-state index contributed by atoms with van der Waals surface area (Å²) in [6.07, 6.45) is -4.51. The van der Waals surface area contributed by atoms with Gasteiger partial charge < -0.3 is 14.2 Å². The van der Waals surface area contributed by atoms with Crippen molar-refractivity contribution >= 4 is 38.3 Å². The molecule has 6 nitrogen and oxygen atoms in total. The van der Waals surface area contributed by atoms with Gasteiger partial charge in [0.25, 0.3) is 0 Å². The molecule has 0 fully saturated rings. The molecule has 0 atom stereocenters. The minimum Gasteiger partial charge on any atom is -0.494 e. The molecule has 0 saturated heterocycles. The molecule has 1 aromatic carbocycles. The molecule has 0 spiro atoms. The van der Waals surface area contributed by atoms with Gasteiger partial charge in [-0.15, -0.1) is 10.2 Å². The van der Waals surface area contributed by atoms with E-state index in [4.69, 9.17) is 16.3 Å². The Morgan fingerprint density at radius 3 is 2.76 bits per heavy atom. The molecule has 3 heterocycles. The van der Waals surface area contributed by atoms with Crippen molar-refractivity contribution in [3.8, 4) is 5.75 Å². The number of rotatable bonds is 2. The standard InChI is InChI=1S/C14H11ClF3N5OS/c1-24-8-3-2-7(15)11-10(8)19-13(25-11)22-4-5-23-9(6-22)20-21-12(23)14(16,17)18/h2-3H,4-6H2,1H3. The van der Waals surface area contributed by atoms with Crippen molar-refractivity contribution in [1.29, 1.82) is 0 Å². The van der Waals surface area contributed by atoms with Crippen LogP contribution < -0.4 is 9.64 Å². The molecule has 0 radical (unpaired) electrons. The number of ether oxygens (including phenoxy) is 1. The maximum Gasteiger partial charge on any atom is 0.451 e. The van der Waals surface area contributed by atoms with Gasteiger partial charge in [-0.1, -0.05) is 22.9 Å². The van der Waals surface area contributed by atoms with Crippen LogP contribution in [-0.4, -0.2) is 33.4 Å². The molecule has 2 aromatic heterocycles. The fourth-order valence-electron chi connectivity index (χ4n) is 2.77. The summed E-state index contributed by atoms with van der Waals surface area (Å²) in [4.78, 5) is 6.42. The second-order valence-electron chi connectivity index (χ2n) is 5.43. The molecule has 132 valence electrons. The van der Waals surface area contributed by atoms with Crippen LogP contribution in [0.2, 0.25) is 5.02 Å². The number of alkyl halides is 3. The first-order valence-corrected chi connectivity index (χ1v) is 8.45. The van der Waals surface area contributed by atoms with E-state index in [1.165, 1.54) is 11.3 Å². The summed E-state index contributed by atoms with van der Waals surface area (Å²) in [6.45, 7) is 0.703. The Labute approximate surface area is 148 Å². The van der Waals surface area contributed by atoms with E-state index in [-0.39, 0.29) is 18.9 Å². The molecule has 11 heteroatoms. The number of aromatic nitrogens is 4.